The Balaban J connectivity index is 2.85. The van der Waals surface area contributed by atoms with Crippen LogP contribution in [0.15, 0.2) is 30.3 Å². The van der Waals surface area contributed by atoms with E-state index in [1.165, 1.54) is 0 Å². The van der Waals surface area contributed by atoms with E-state index in [9.17, 15) is 9.59 Å². The molecule has 0 radical (unpaired) electrons. The Morgan fingerprint density at radius 3 is 2.24 bits per heavy atom. The highest BCUT2D eigenvalue weighted by molar-refractivity contribution is 5.79. The van der Waals surface area contributed by atoms with Crippen molar-refractivity contribution in [2.75, 3.05) is 0 Å². The topological polar surface area (TPSA) is 89.6 Å². The zero-order valence-electron chi connectivity index (χ0n) is 12.7. The van der Waals surface area contributed by atoms with Gasteiger partial charge in [0.1, 0.15) is 11.6 Å². The van der Waals surface area contributed by atoms with E-state index in [1.807, 2.05) is 30.3 Å². The zero-order chi connectivity index (χ0) is 16.0. The van der Waals surface area contributed by atoms with Crippen molar-refractivity contribution in [1.29, 1.82) is 0 Å². The predicted molar refractivity (Wildman–Crippen MR) is 79.9 cm³/mol. The Morgan fingerprint density at radius 1 is 1.19 bits per heavy atom. The molecule has 0 bridgehead atoms. The van der Waals surface area contributed by atoms with Crippen LogP contribution in [-0.4, -0.2) is 28.7 Å². The fraction of sp³-hybridized carbons (Fsp3) is 0.500. The maximum atomic E-state index is 12.3. The molecule has 2 unspecified atom stereocenters. The van der Waals surface area contributed by atoms with Crippen molar-refractivity contribution in [3.8, 4) is 0 Å². The van der Waals surface area contributed by atoms with Crippen LogP contribution in [0.1, 0.15) is 45.1 Å². The lowest BCUT2D eigenvalue weighted by Gasteiger charge is -2.24. The molecular weight excluding hydrogens is 270 g/mol. The molecule has 0 spiro atoms. The highest BCUT2D eigenvalue weighted by Gasteiger charge is 2.27. The van der Waals surface area contributed by atoms with E-state index < -0.39 is 23.5 Å². The number of rotatable bonds is 6. The van der Waals surface area contributed by atoms with Crippen LogP contribution in [0.3, 0.4) is 0 Å². The summed E-state index contributed by atoms with van der Waals surface area (Å²) in [5, 5.41) is 8.85. The second-order valence-electron chi connectivity index (χ2n) is 6.02. The van der Waals surface area contributed by atoms with Gasteiger partial charge in [-0.1, -0.05) is 30.3 Å². The van der Waals surface area contributed by atoms with Crippen molar-refractivity contribution < 1.29 is 19.4 Å². The van der Waals surface area contributed by atoms with Gasteiger partial charge < -0.3 is 15.6 Å². The number of carboxylic acid groups (broad SMARTS) is 1. The number of benzene rings is 1. The summed E-state index contributed by atoms with van der Waals surface area (Å²) in [6.07, 6.45) is 0.556. The summed E-state index contributed by atoms with van der Waals surface area (Å²) in [5.41, 5.74) is 5.74. The van der Waals surface area contributed by atoms with Crippen LogP contribution in [0.5, 0.6) is 0 Å². The second-order valence-corrected chi connectivity index (χ2v) is 6.02. The number of carboxylic acids is 1. The van der Waals surface area contributed by atoms with Crippen LogP contribution < -0.4 is 5.73 Å². The number of ether oxygens (including phenoxy) is 1. The predicted octanol–water partition coefficient (Wildman–Crippen LogP) is 2.30. The van der Waals surface area contributed by atoms with E-state index in [0.717, 1.165) is 5.56 Å². The van der Waals surface area contributed by atoms with Crippen molar-refractivity contribution >= 4 is 11.9 Å². The first-order chi connectivity index (χ1) is 9.70. The van der Waals surface area contributed by atoms with Gasteiger partial charge in [-0.3, -0.25) is 9.59 Å². The minimum atomic E-state index is -1.06. The molecule has 1 aromatic rings. The molecule has 3 N–H and O–H groups in total. The van der Waals surface area contributed by atoms with Crippen molar-refractivity contribution in [3.05, 3.63) is 35.9 Å². The molecule has 116 valence electrons. The third kappa shape index (κ3) is 5.95. The van der Waals surface area contributed by atoms with Crippen LogP contribution in [0.4, 0.5) is 0 Å². The van der Waals surface area contributed by atoms with Gasteiger partial charge in [-0.2, -0.15) is 0 Å². The number of esters is 1. The standard InChI is InChI=1S/C16H23NO4/c1-16(2,3)21-15(20)12(9-10-13(17)14(18)19)11-7-5-4-6-8-11/h4-8,12-13H,9-10,17H2,1-3H3,(H,18,19). The summed E-state index contributed by atoms with van der Waals surface area (Å²) in [6, 6.07) is 8.23. The highest BCUT2D eigenvalue weighted by Crippen LogP contribution is 2.25. The first kappa shape index (κ1) is 17.2. The molecule has 0 aliphatic heterocycles. The summed E-state index contributed by atoms with van der Waals surface area (Å²) in [6.45, 7) is 5.40. The first-order valence-electron chi connectivity index (χ1n) is 6.97. The van der Waals surface area contributed by atoms with Gasteiger partial charge >= 0.3 is 11.9 Å². The first-order valence-corrected chi connectivity index (χ1v) is 6.97. The van der Waals surface area contributed by atoms with E-state index in [1.54, 1.807) is 20.8 Å². The largest absolute Gasteiger partial charge is 0.480 e. The second kappa shape index (κ2) is 7.22. The van der Waals surface area contributed by atoms with Crippen LogP contribution >= 0.6 is 0 Å². The molecular formula is C16H23NO4. The molecule has 0 heterocycles. The lowest BCUT2D eigenvalue weighted by atomic mass is 9.92. The van der Waals surface area contributed by atoms with Crippen LogP contribution in [0.2, 0.25) is 0 Å². The number of nitrogens with two attached hydrogens (primary N) is 1. The fourth-order valence-corrected chi connectivity index (χ4v) is 1.95. The zero-order valence-corrected chi connectivity index (χ0v) is 12.7. The minimum Gasteiger partial charge on any atom is -0.480 e. The Hall–Kier alpha value is -1.88. The summed E-state index contributed by atoms with van der Waals surface area (Å²) in [7, 11) is 0. The van der Waals surface area contributed by atoms with Gasteiger partial charge in [-0.05, 0) is 39.2 Å². The molecule has 2 atom stereocenters. The Bertz CT molecular complexity index is 479. The van der Waals surface area contributed by atoms with E-state index in [-0.39, 0.29) is 12.4 Å². The monoisotopic (exact) mass is 293 g/mol. The van der Waals surface area contributed by atoms with Gasteiger partial charge in [-0.25, -0.2) is 0 Å². The molecule has 0 amide bonds. The Labute approximate surface area is 125 Å². The lowest BCUT2D eigenvalue weighted by Crippen LogP contribution is -2.32. The van der Waals surface area contributed by atoms with Crippen LogP contribution in [0.25, 0.3) is 0 Å². The van der Waals surface area contributed by atoms with Crippen molar-refractivity contribution in [2.45, 2.75) is 51.2 Å². The normalized spacial score (nSPS) is 14.3. The molecule has 0 aliphatic carbocycles. The van der Waals surface area contributed by atoms with Gasteiger partial charge in [0.05, 0.1) is 5.92 Å². The summed E-state index contributed by atoms with van der Waals surface area (Å²) in [4.78, 5) is 23.1. The maximum absolute atomic E-state index is 12.3. The van der Waals surface area contributed by atoms with Crippen LogP contribution in [-0.2, 0) is 14.3 Å². The number of carbonyl (C=O) groups is 2. The molecule has 0 fully saturated rings. The van der Waals surface area contributed by atoms with Crippen molar-refractivity contribution in [1.82, 2.24) is 0 Å². The molecule has 1 aromatic carbocycles. The van der Waals surface area contributed by atoms with Gasteiger partial charge in [0.15, 0.2) is 0 Å². The number of aliphatic carboxylic acids is 1. The number of hydrogen-bond donors (Lipinski definition) is 2. The molecule has 1 rings (SSSR count). The van der Waals surface area contributed by atoms with E-state index in [4.69, 9.17) is 15.6 Å². The third-order valence-electron chi connectivity index (χ3n) is 2.98. The molecule has 5 nitrogen and oxygen atoms in total. The summed E-state index contributed by atoms with van der Waals surface area (Å²) in [5.74, 6) is -1.92. The summed E-state index contributed by atoms with van der Waals surface area (Å²) >= 11 is 0. The smallest absolute Gasteiger partial charge is 0.320 e. The van der Waals surface area contributed by atoms with E-state index in [2.05, 4.69) is 0 Å². The molecule has 21 heavy (non-hydrogen) atoms. The average Bonchev–Trinajstić information content (AvgIpc) is 2.37. The van der Waals surface area contributed by atoms with Gasteiger partial charge in [0.25, 0.3) is 0 Å². The Kier molecular flexibility index (Phi) is 5.90. The Morgan fingerprint density at radius 2 is 1.76 bits per heavy atom. The van der Waals surface area contributed by atoms with Crippen molar-refractivity contribution in [3.63, 3.8) is 0 Å². The third-order valence-corrected chi connectivity index (χ3v) is 2.98. The van der Waals surface area contributed by atoms with E-state index in [0.29, 0.717) is 6.42 Å². The molecule has 0 saturated carbocycles. The maximum Gasteiger partial charge on any atom is 0.320 e. The quantitative estimate of drug-likeness (QED) is 0.785. The lowest BCUT2D eigenvalue weighted by molar-refractivity contribution is -0.157. The fourth-order valence-electron chi connectivity index (χ4n) is 1.95. The van der Waals surface area contributed by atoms with Gasteiger partial charge in [0.2, 0.25) is 0 Å². The minimum absolute atomic E-state index is 0.216. The molecule has 0 saturated heterocycles. The number of carbonyl (C=O) groups excluding carboxylic acids is 1. The summed E-state index contributed by atoms with van der Waals surface area (Å²) < 4.78 is 5.42. The molecule has 0 aliphatic rings. The SMILES string of the molecule is CC(C)(C)OC(=O)C(CCC(N)C(=O)O)c1ccccc1. The van der Waals surface area contributed by atoms with Gasteiger partial charge in [0, 0.05) is 0 Å². The van der Waals surface area contributed by atoms with Crippen molar-refractivity contribution in [2.24, 2.45) is 5.73 Å². The van der Waals surface area contributed by atoms with E-state index >= 15 is 0 Å². The molecule has 0 aromatic heterocycles. The number of hydrogen-bond acceptors (Lipinski definition) is 4. The average molecular weight is 293 g/mol. The van der Waals surface area contributed by atoms with Crippen LogP contribution in [0, 0.1) is 0 Å². The molecule has 5 heteroatoms. The highest BCUT2D eigenvalue weighted by atomic mass is 16.6. The van der Waals surface area contributed by atoms with Gasteiger partial charge in [-0.15, -0.1) is 0 Å².